The van der Waals surface area contributed by atoms with Crippen LogP contribution in [0, 0.1) is 17.8 Å². The van der Waals surface area contributed by atoms with Gasteiger partial charge < -0.3 is 5.11 Å². The van der Waals surface area contributed by atoms with Crippen molar-refractivity contribution in [3.8, 4) is 12.3 Å². The highest BCUT2D eigenvalue weighted by Gasteiger charge is 2.24. The van der Waals surface area contributed by atoms with Gasteiger partial charge in [0.05, 0.1) is 0 Å². The van der Waals surface area contributed by atoms with Crippen molar-refractivity contribution in [3.63, 3.8) is 0 Å². The molecule has 0 radical (unpaired) electrons. The first kappa shape index (κ1) is 10.5. The van der Waals surface area contributed by atoms with Gasteiger partial charge in [0.1, 0.15) is 6.10 Å². The summed E-state index contributed by atoms with van der Waals surface area (Å²) < 4.78 is 0. The molecule has 0 saturated carbocycles. The van der Waals surface area contributed by atoms with Crippen LogP contribution in [0.1, 0.15) is 40.0 Å². The molecule has 0 aliphatic carbocycles. The smallest absolute Gasteiger partial charge is 0.119 e. The quantitative estimate of drug-likeness (QED) is 0.615. The van der Waals surface area contributed by atoms with Gasteiger partial charge in [-0.15, -0.1) is 6.42 Å². The Morgan fingerprint density at radius 3 is 2.45 bits per heavy atom. The van der Waals surface area contributed by atoms with Gasteiger partial charge in [0.25, 0.3) is 0 Å². The summed E-state index contributed by atoms with van der Waals surface area (Å²) in [5.41, 5.74) is -0.120. The third-order valence-electron chi connectivity index (χ3n) is 2.07. The summed E-state index contributed by atoms with van der Waals surface area (Å²) in [6.45, 7) is 6.15. The van der Waals surface area contributed by atoms with Crippen molar-refractivity contribution in [1.82, 2.24) is 0 Å². The van der Waals surface area contributed by atoms with Gasteiger partial charge in [0.15, 0.2) is 0 Å². The van der Waals surface area contributed by atoms with Crippen LogP contribution in [0.25, 0.3) is 0 Å². The standard InChI is InChI=1S/C10H18O/c1-5-7-8-10(3,4)9(11)6-2/h2,9,11H,5,7-8H2,1,3-4H3/t9-/m0/s1. The maximum Gasteiger partial charge on any atom is 0.119 e. The molecule has 0 bridgehead atoms. The normalized spacial score (nSPS) is 14.1. The van der Waals surface area contributed by atoms with Crippen molar-refractivity contribution >= 4 is 0 Å². The largest absolute Gasteiger partial charge is 0.380 e. The lowest BCUT2D eigenvalue weighted by Gasteiger charge is -2.26. The van der Waals surface area contributed by atoms with E-state index in [9.17, 15) is 5.11 Å². The molecule has 11 heavy (non-hydrogen) atoms. The molecule has 0 aliphatic heterocycles. The molecule has 0 amide bonds. The van der Waals surface area contributed by atoms with Crippen LogP contribution >= 0.6 is 0 Å². The number of rotatable bonds is 4. The maximum absolute atomic E-state index is 9.38. The summed E-state index contributed by atoms with van der Waals surface area (Å²) in [6.07, 6.45) is 7.81. The van der Waals surface area contributed by atoms with Gasteiger partial charge in [-0.2, -0.15) is 0 Å². The highest BCUT2D eigenvalue weighted by atomic mass is 16.3. The van der Waals surface area contributed by atoms with Gasteiger partial charge >= 0.3 is 0 Å². The molecule has 0 aromatic heterocycles. The minimum absolute atomic E-state index is 0.120. The molecule has 1 heteroatoms. The van der Waals surface area contributed by atoms with E-state index in [4.69, 9.17) is 6.42 Å². The highest BCUT2D eigenvalue weighted by Crippen LogP contribution is 2.26. The van der Waals surface area contributed by atoms with E-state index < -0.39 is 6.10 Å². The van der Waals surface area contributed by atoms with Gasteiger partial charge in [0.2, 0.25) is 0 Å². The first-order valence-corrected chi connectivity index (χ1v) is 4.18. The van der Waals surface area contributed by atoms with E-state index in [0.29, 0.717) is 0 Å². The van der Waals surface area contributed by atoms with Gasteiger partial charge in [-0.1, -0.05) is 39.5 Å². The minimum atomic E-state index is -0.603. The molecule has 0 saturated heterocycles. The fraction of sp³-hybridized carbons (Fsp3) is 0.800. The average molecular weight is 154 g/mol. The molecule has 0 unspecified atom stereocenters. The van der Waals surface area contributed by atoms with Crippen molar-refractivity contribution in [1.29, 1.82) is 0 Å². The zero-order valence-electron chi connectivity index (χ0n) is 7.72. The first-order valence-electron chi connectivity index (χ1n) is 4.18. The molecule has 0 aromatic rings. The lowest BCUT2D eigenvalue weighted by atomic mass is 9.82. The Morgan fingerprint density at radius 2 is 2.09 bits per heavy atom. The van der Waals surface area contributed by atoms with E-state index in [2.05, 4.69) is 12.8 Å². The second kappa shape index (κ2) is 4.41. The van der Waals surface area contributed by atoms with E-state index in [1.54, 1.807) is 0 Å². The van der Waals surface area contributed by atoms with Crippen molar-refractivity contribution in [3.05, 3.63) is 0 Å². The van der Waals surface area contributed by atoms with Crippen LogP contribution in [0.4, 0.5) is 0 Å². The summed E-state index contributed by atoms with van der Waals surface area (Å²) in [4.78, 5) is 0. The number of hydrogen-bond donors (Lipinski definition) is 1. The molecule has 0 aliphatic rings. The van der Waals surface area contributed by atoms with E-state index in [-0.39, 0.29) is 5.41 Å². The Bertz CT molecular complexity index is 141. The molecule has 0 fully saturated rings. The van der Waals surface area contributed by atoms with Crippen LogP contribution in [-0.4, -0.2) is 11.2 Å². The molecule has 1 N–H and O–H groups in total. The zero-order valence-corrected chi connectivity index (χ0v) is 7.72. The fourth-order valence-corrected chi connectivity index (χ4v) is 0.995. The van der Waals surface area contributed by atoms with E-state index in [1.807, 2.05) is 13.8 Å². The number of aliphatic hydroxyl groups excluding tert-OH is 1. The van der Waals surface area contributed by atoms with Crippen LogP contribution in [0.3, 0.4) is 0 Å². The molecule has 1 nitrogen and oxygen atoms in total. The van der Waals surface area contributed by atoms with Crippen molar-refractivity contribution in [2.45, 2.75) is 46.1 Å². The topological polar surface area (TPSA) is 20.2 Å². The Kier molecular flexibility index (Phi) is 4.22. The maximum atomic E-state index is 9.38. The summed E-state index contributed by atoms with van der Waals surface area (Å²) >= 11 is 0. The molecule has 0 rings (SSSR count). The molecule has 0 aromatic carbocycles. The minimum Gasteiger partial charge on any atom is -0.380 e. The molecular weight excluding hydrogens is 136 g/mol. The summed E-state index contributed by atoms with van der Waals surface area (Å²) in [6, 6.07) is 0. The molecule has 64 valence electrons. The van der Waals surface area contributed by atoms with Crippen molar-refractivity contribution in [2.24, 2.45) is 5.41 Å². The van der Waals surface area contributed by atoms with Gasteiger partial charge in [-0.05, 0) is 6.42 Å². The Hall–Kier alpha value is -0.480. The first-order chi connectivity index (χ1) is 5.04. The molecule has 0 spiro atoms. The lowest BCUT2D eigenvalue weighted by Crippen LogP contribution is -2.27. The van der Waals surface area contributed by atoms with Gasteiger partial charge in [-0.3, -0.25) is 0 Å². The van der Waals surface area contributed by atoms with Crippen LogP contribution in [0.2, 0.25) is 0 Å². The monoisotopic (exact) mass is 154 g/mol. The number of aliphatic hydroxyl groups is 1. The average Bonchev–Trinajstić information content (AvgIpc) is 1.99. The van der Waals surface area contributed by atoms with Crippen LogP contribution in [0.5, 0.6) is 0 Å². The number of terminal acetylenes is 1. The summed E-state index contributed by atoms with van der Waals surface area (Å²) in [5, 5.41) is 9.38. The third kappa shape index (κ3) is 3.43. The fourth-order valence-electron chi connectivity index (χ4n) is 0.995. The summed E-state index contributed by atoms with van der Waals surface area (Å²) in [5.74, 6) is 2.37. The third-order valence-corrected chi connectivity index (χ3v) is 2.07. The van der Waals surface area contributed by atoms with Crippen LogP contribution in [-0.2, 0) is 0 Å². The lowest BCUT2D eigenvalue weighted by molar-refractivity contribution is 0.0895. The second-order valence-electron chi connectivity index (χ2n) is 3.66. The Morgan fingerprint density at radius 1 is 1.55 bits per heavy atom. The SMILES string of the molecule is C#C[C@H](O)C(C)(C)CCCC. The molecular formula is C10H18O. The predicted octanol–water partition coefficient (Wildman–Crippen LogP) is 2.20. The zero-order chi connectivity index (χ0) is 8.91. The van der Waals surface area contributed by atoms with Crippen LogP contribution < -0.4 is 0 Å². The van der Waals surface area contributed by atoms with Crippen molar-refractivity contribution in [2.75, 3.05) is 0 Å². The van der Waals surface area contributed by atoms with Gasteiger partial charge in [0, 0.05) is 5.41 Å². The van der Waals surface area contributed by atoms with Gasteiger partial charge in [-0.25, -0.2) is 0 Å². The van der Waals surface area contributed by atoms with E-state index in [1.165, 1.54) is 0 Å². The summed E-state index contributed by atoms with van der Waals surface area (Å²) in [7, 11) is 0. The van der Waals surface area contributed by atoms with Crippen molar-refractivity contribution < 1.29 is 5.11 Å². The Labute approximate surface area is 69.8 Å². The number of unbranched alkanes of at least 4 members (excludes halogenated alkanes) is 1. The van der Waals surface area contributed by atoms with E-state index in [0.717, 1.165) is 19.3 Å². The number of hydrogen-bond acceptors (Lipinski definition) is 1. The molecule has 1 atom stereocenters. The Balaban J connectivity index is 3.90. The van der Waals surface area contributed by atoms with E-state index >= 15 is 0 Å². The second-order valence-corrected chi connectivity index (χ2v) is 3.66. The predicted molar refractivity (Wildman–Crippen MR) is 48.1 cm³/mol. The molecule has 0 heterocycles. The van der Waals surface area contributed by atoms with Crippen LogP contribution in [0.15, 0.2) is 0 Å². The highest BCUT2D eigenvalue weighted by molar-refractivity contribution is 5.00.